The van der Waals surface area contributed by atoms with E-state index in [1.165, 1.54) is 12.1 Å². The number of carbonyl (C=O) groups is 8. The molecule has 0 amide bonds. The number of aldehydes is 4. The third-order valence-corrected chi connectivity index (χ3v) is 16.3. The maximum absolute atomic E-state index is 10.6. The van der Waals surface area contributed by atoms with Gasteiger partial charge in [0.05, 0.1) is 0 Å². The number of nitrogens with zero attached hydrogens (tertiary/aromatic N) is 4. The van der Waals surface area contributed by atoms with E-state index < -0.39 is 155 Å². The summed E-state index contributed by atoms with van der Waals surface area (Å²) in [7, 11) is -26.2. The number of aliphatic imine (C=N–C) groups is 4. The summed E-state index contributed by atoms with van der Waals surface area (Å²) in [5, 5.41) is 70.5. The number of hydrogen-bond donors (Lipinski definition) is 12. The molecule has 16 N–H and O–H groups in total. The number of aliphatic hydroxyl groups excluding tert-OH is 4. The van der Waals surface area contributed by atoms with Gasteiger partial charge >= 0.3 is 222 Å². The topological polar surface area (TPSA) is 783 Å². The van der Waals surface area contributed by atoms with Crippen LogP contribution in [0.5, 0.6) is 0 Å². The van der Waals surface area contributed by atoms with Gasteiger partial charge in [0, 0.05) is 84.8 Å². The zero-order valence-corrected chi connectivity index (χ0v) is 81.1. The zero-order valence-electron chi connectivity index (χ0n) is 66.2. The molecule has 115 heavy (non-hydrogen) atoms. The smallest absolute Gasteiger partial charge is 1.00 e. The molecule has 0 aromatic heterocycles. The molecule has 0 radical (unpaired) electrons. The molecular formula is C61H92N8Na6O34S6. The molecule has 0 bridgehead atoms. The number of rotatable bonds is 44. The molecule has 0 aliphatic heterocycles. The van der Waals surface area contributed by atoms with Gasteiger partial charge in [-0.3, -0.25) is 48.7 Å². The Bertz CT molecular complexity index is 3810. The van der Waals surface area contributed by atoms with Crippen LogP contribution >= 0.6 is 0 Å². The Morgan fingerprint density at radius 2 is 0.609 bits per heavy atom. The van der Waals surface area contributed by atoms with Crippen molar-refractivity contribution in [2.45, 2.75) is 168 Å². The summed E-state index contributed by atoms with van der Waals surface area (Å²) in [5.74, 6) is -3.89. The molecule has 8 atom stereocenters. The fourth-order valence-corrected chi connectivity index (χ4v) is 9.17. The number of aliphatic hydroxyl groups is 4. The van der Waals surface area contributed by atoms with E-state index in [-0.39, 0.29) is 187 Å². The molecule has 0 aliphatic carbocycles. The normalized spacial score (nSPS) is 12.7. The second-order valence-corrected chi connectivity index (χ2v) is 28.3. The van der Waals surface area contributed by atoms with Gasteiger partial charge in [0.1, 0.15) is 88.1 Å². The maximum Gasteiger partial charge on any atom is 1.00 e. The van der Waals surface area contributed by atoms with Crippen molar-refractivity contribution in [1.29, 1.82) is 0 Å². The molecule has 622 valence electrons. The number of carbonyl (C=O) groups excluding carboxylic acids is 4. The predicted molar refractivity (Wildman–Crippen MR) is 386 cm³/mol. The largest absolute Gasteiger partial charge is 1.00 e. The van der Waals surface area contributed by atoms with Crippen LogP contribution in [0.4, 0.5) is 0 Å². The van der Waals surface area contributed by atoms with Crippen LogP contribution in [-0.2, 0) is 90.5 Å². The van der Waals surface area contributed by atoms with Crippen LogP contribution in [0.25, 0.3) is 0 Å². The van der Waals surface area contributed by atoms with Crippen LogP contribution in [0, 0.1) is 0 Å². The second kappa shape index (κ2) is 82.4. The van der Waals surface area contributed by atoms with Crippen molar-refractivity contribution in [3.63, 3.8) is 0 Å². The van der Waals surface area contributed by atoms with Crippen molar-refractivity contribution in [2.24, 2.45) is 42.9 Å². The van der Waals surface area contributed by atoms with Crippen molar-refractivity contribution in [2.75, 3.05) is 26.2 Å². The first-order valence-electron chi connectivity index (χ1n) is 31.7. The fraction of sp³-hybridized carbons (Fsp3) is 0.508. The number of carboxylic acid groups (broad SMARTS) is 4. The molecule has 0 spiro atoms. The third-order valence-electron chi connectivity index (χ3n) is 12.9. The van der Waals surface area contributed by atoms with E-state index in [1.54, 1.807) is 36.7 Å². The van der Waals surface area contributed by atoms with E-state index in [1.807, 2.05) is 36.7 Å². The monoisotopic (exact) mass is 1810 g/mol. The van der Waals surface area contributed by atoms with Crippen molar-refractivity contribution in [3.05, 3.63) is 106 Å². The minimum absolute atomic E-state index is 0. The first kappa shape index (κ1) is 136. The number of aliphatic carboxylic acids is 4. The predicted octanol–water partition coefficient (Wildman–Crippen LogP) is -18.9. The summed E-state index contributed by atoms with van der Waals surface area (Å²) in [6, 6.07) is 15.5. The van der Waals surface area contributed by atoms with Crippen LogP contribution in [0.2, 0.25) is 0 Å². The van der Waals surface area contributed by atoms with Crippen LogP contribution in [0.15, 0.2) is 92.8 Å². The van der Waals surface area contributed by atoms with E-state index in [9.17, 15) is 100 Å². The summed E-state index contributed by atoms with van der Waals surface area (Å²) in [6.45, 7) is 2.42. The SMILES string of the molecule is NC(CCCCN=Cc1ccccc1C=NCCCCC(N)C(=O)O)C(=O)O.NC(CCCN=CCCCC=NCCCC(N)C(=O)O)C(=O)O.O=CCCCC=O.O=Cc1ccccc1C=O.O=S(=O)([O-])C(O)CCCC(O)S(=O)(=O)[O-].O=S(=O)([O-])C(O)c1ccccc1C(O)S(=O)(=O)[O-].O=S(=O)=O.O=S(=O)=O.[H-].[H-].[Na+].[Na+].[Na+].[Na+].[Na+].[Na+]. The summed E-state index contributed by atoms with van der Waals surface area (Å²) in [4.78, 5) is 99.0. The molecule has 3 aromatic rings. The molecule has 0 saturated heterocycles. The molecular weight excluding hydrogens is 1720 g/mol. The summed E-state index contributed by atoms with van der Waals surface area (Å²) >= 11 is 0. The molecule has 3 rings (SSSR count). The van der Waals surface area contributed by atoms with Crippen molar-refractivity contribution in [1.82, 2.24) is 0 Å². The Morgan fingerprint density at radius 1 is 0.365 bits per heavy atom. The van der Waals surface area contributed by atoms with Gasteiger partial charge < -0.3 is 94.4 Å². The molecule has 8 unspecified atom stereocenters. The number of unbranched alkanes of at least 4 members (excludes halogenated alkanes) is 6. The minimum Gasteiger partial charge on any atom is -1.00 e. The van der Waals surface area contributed by atoms with Crippen molar-refractivity contribution < 1.29 is 337 Å². The zero-order chi connectivity index (χ0) is 84.8. The Hall–Kier alpha value is -2.54. The summed E-state index contributed by atoms with van der Waals surface area (Å²) in [6.07, 6.45) is 19.4. The Balaban J connectivity index is -0.000000101. The van der Waals surface area contributed by atoms with E-state index >= 15 is 0 Å². The summed E-state index contributed by atoms with van der Waals surface area (Å²) in [5.41, 5.74) is 13.7. The molecule has 0 heterocycles. The third kappa shape index (κ3) is 83.5. The molecule has 0 aliphatic rings. The number of hydrogen-bond acceptors (Lipinski definition) is 38. The van der Waals surface area contributed by atoms with Crippen LogP contribution in [-0.4, -0.2) is 253 Å². The first-order chi connectivity index (χ1) is 50.7. The second-order valence-electron chi connectivity index (χ2n) is 21.5. The van der Waals surface area contributed by atoms with Crippen molar-refractivity contribution >= 4 is 136 Å². The number of nitrogens with two attached hydrogens (primary N) is 4. The van der Waals surface area contributed by atoms with Gasteiger partial charge in [0.15, 0.2) is 23.4 Å². The van der Waals surface area contributed by atoms with Gasteiger partial charge in [-0.2, -0.15) is 0 Å². The van der Waals surface area contributed by atoms with E-state index in [0.29, 0.717) is 108 Å². The van der Waals surface area contributed by atoms with E-state index in [4.69, 9.17) is 78.8 Å². The first-order valence-corrected chi connectivity index (χ1v) is 39.6. The van der Waals surface area contributed by atoms with Gasteiger partial charge in [0.25, 0.3) is 0 Å². The van der Waals surface area contributed by atoms with Gasteiger partial charge in [-0.25, -0.2) is 33.7 Å². The molecule has 54 heteroatoms. The average Bonchev–Trinajstić information content (AvgIpc) is 0.793. The van der Waals surface area contributed by atoms with Crippen molar-refractivity contribution in [3.8, 4) is 0 Å². The number of benzene rings is 3. The van der Waals surface area contributed by atoms with Crippen LogP contribution < -0.4 is 200 Å². The minimum atomic E-state index is -5.16. The molecule has 0 saturated carbocycles. The quantitative estimate of drug-likeness (QED) is 0.00822. The molecule has 0 fully saturated rings. The molecule has 3 aromatic carbocycles. The molecule has 42 nitrogen and oxygen atoms in total. The standard InChI is InChI=1S/C20H30N4O4.C15H28N4O4.C8H10O8S2.C8H6O2.C5H12O8S2.C5H8O2.6Na.2O3S.2H/c21-17(19(25)26)9-3-5-11-23-13-15-7-1-2-8-16(15)14-24-12-6-4-10-18(22)20(27)28;16-12(14(20)21)6-4-10-18-8-2-1-3-9-19-11-5-7-13(17)15(22)23;9-7(17(11,12)13)5-3-1-2-4-6(5)8(10)18(14,15)16;9-5-7-3-1-2-4-8(7)6-10;6-4(14(8,9)10)2-1-3-5(7)15(11,12)13;6-4-2-1-3-5-7;;;;;;;2*1-4(2)3;;/h1-2,7-8,13-14,17-18H,3-6,9-12,21-22H2,(H,25,26)(H,27,28);8-9,12-13H,1-7,10-11,16-17H2,(H,20,21)(H,22,23);1-4,7-10H,(H,11,12,13)(H,14,15,16);1-6H;4-7H,1-3H2,(H,8,9,10)(H,11,12,13);4-5H,1-3H2;;;;;;;;;;/q;;;;;;6*+1;;;2*-1/p-4. The number of carboxylic acids is 4. The fourth-order valence-electron chi connectivity index (χ4n) is 7.21. The van der Waals surface area contributed by atoms with Gasteiger partial charge in [-0.15, -0.1) is 25.3 Å². The Morgan fingerprint density at radius 3 is 0.852 bits per heavy atom. The maximum atomic E-state index is 10.6. The van der Waals surface area contributed by atoms with Crippen LogP contribution in [0.3, 0.4) is 0 Å². The van der Waals surface area contributed by atoms with Gasteiger partial charge in [-0.05, 0) is 122 Å². The van der Waals surface area contributed by atoms with Gasteiger partial charge in [0.2, 0.25) is 0 Å². The van der Waals surface area contributed by atoms with Gasteiger partial charge in [-0.1, -0.05) is 72.8 Å². The Labute approximate surface area is 805 Å². The van der Waals surface area contributed by atoms with E-state index in [2.05, 4.69) is 20.0 Å². The van der Waals surface area contributed by atoms with E-state index in [0.717, 1.165) is 80.8 Å². The Kier molecular flexibility index (Phi) is 97.3. The summed E-state index contributed by atoms with van der Waals surface area (Å²) < 4.78 is 175. The van der Waals surface area contributed by atoms with Crippen LogP contribution in [0.1, 0.15) is 179 Å². The average molecular weight is 1810 g/mol.